The van der Waals surface area contributed by atoms with Crippen molar-refractivity contribution in [2.45, 2.75) is 57.6 Å². The number of ether oxygens (including phenoxy) is 1. The van der Waals surface area contributed by atoms with Crippen LogP contribution in [0.5, 0.6) is 0 Å². The van der Waals surface area contributed by atoms with Crippen molar-refractivity contribution in [3.8, 4) is 0 Å². The van der Waals surface area contributed by atoms with Crippen molar-refractivity contribution in [1.82, 2.24) is 0 Å². The van der Waals surface area contributed by atoms with E-state index in [4.69, 9.17) is 9.73 Å². The van der Waals surface area contributed by atoms with Crippen LogP contribution in [0.4, 0.5) is 0 Å². The summed E-state index contributed by atoms with van der Waals surface area (Å²) in [5.74, 6) is 0.915. The third-order valence-electron chi connectivity index (χ3n) is 4.03. The van der Waals surface area contributed by atoms with Crippen LogP contribution >= 0.6 is 11.8 Å². The molecule has 0 unspecified atom stereocenters. The number of benzene rings is 1. The Balaban J connectivity index is 1.85. The summed E-state index contributed by atoms with van der Waals surface area (Å²) in [6.07, 6.45) is 4.46. The molecule has 2 aliphatic rings. The van der Waals surface area contributed by atoms with Gasteiger partial charge in [-0.1, -0.05) is 56.3 Å². The van der Waals surface area contributed by atoms with Crippen molar-refractivity contribution in [3.05, 3.63) is 40.8 Å². The number of thioether (sulfide) groups is 1. The number of allylic oxidation sites excluding steroid dienone is 1. The average molecular weight is 301 g/mol. The highest BCUT2D eigenvalue weighted by atomic mass is 32.2. The smallest absolute Gasteiger partial charge is 0.184 e. The van der Waals surface area contributed by atoms with Crippen molar-refractivity contribution in [1.29, 1.82) is 0 Å². The van der Waals surface area contributed by atoms with Gasteiger partial charge >= 0.3 is 0 Å². The van der Waals surface area contributed by atoms with Crippen molar-refractivity contribution in [2.24, 2.45) is 10.4 Å². The molecule has 1 aromatic rings. The Morgan fingerprint density at radius 2 is 2.00 bits per heavy atom. The summed E-state index contributed by atoms with van der Waals surface area (Å²) in [4.78, 5) is 7.36. The number of hydrogen-bond donors (Lipinski definition) is 0. The van der Waals surface area contributed by atoms with Gasteiger partial charge in [0, 0.05) is 16.2 Å². The van der Waals surface area contributed by atoms with E-state index in [1.807, 2.05) is 11.8 Å². The van der Waals surface area contributed by atoms with E-state index in [2.05, 4.69) is 58.0 Å². The van der Waals surface area contributed by atoms with Crippen LogP contribution in [-0.4, -0.2) is 18.0 Å². The zero-order chi connectivity index (χ0) is 15.0. The van der Waals surface area contributed by atoms with Crippen LogP contribution in [0.3, 0.4) is 0 Å². The van der Waals surface area contributed by atoms with Gasteiger partial charge in [0.15, 0.2) is 12.0 Å². The summed E-state index contributed by atoms with van der Waals surface area (Å²) in [7, 11) is 0. The van der Waals surface area contributed by atoms with Crippen LogP contribution < -0.4 is 0 Å². The minimum absolute atomic E-state index is 0.124. The number of aryl methyl sites for hydroxylation is 1. The maximum atomic E-state index is 6.08. The van der Waals surface area contributed by atoms with Gasteiger partial charge in [0.2, 0.25) is 0 Å². The molecule has 0 spiro atoms. The molecule has 3 rings (SSSR count). The van der Waals surface area contributed by atoms with E-state index in [9.17, 15) is 0 Å². The molecule has 0 N–H and O–H groups in total. The molecule has 0 bridgehead atoms. The van der Waals surface area contributed by atoms with E-state index in [1.54, 1.807) is 0 Å². The lowest BCUT2D eigenvalue weighted by molar-refractivity contribution is 0.194. The van der Waals surface area contributed by atoms with Gasteiger partial charge < -0.3 is 4.74 Å². The third-order valence-corrected chi connectivity index (χ3v) is 5.12. The van der Waals surface area contributed by atoms with Gasteiger partial charge in [-0.3, -0.25) is 0 Å². The zero-order valence-electron chi connectivity index (χ0n) is 13.2. The molecule has 3 heteroatoms. The first-order chi connectivity index (χ1) is 9.97. The SMILES string of the molecule is CCC1=N[C@H]2CC(C)(C)C=C(Sc3ccc(C)cc3)[C@H]2O1. The van der Waals surface area contributed by atoms with E-state index in [0.29, 0.717) is 0 Å². The quantitative estimate of drug-likeness (QED) is 0.785. The summed E-state index contributed by atoms with van der Waals surface area (Å²) in [6.45, 7) is 8.81. The minimum atomic E-state index is 0.124. The molecule has 1 aliphatic heterocycles. The largest absolute Gasteiger partial charge is 0.470 e. The van der Waals surface area contributed by atoms with Crippen LogP contribution in [0.15, 0.2) is 45.1 Å². The Kier molecular flexibility index (Phi) is 3.87. The van der Waals surface area contributed by atoms with Crippen molar-refractivity contribution >= 4 is 17.7 Å². The van der Waals surface area contributed by atoms with E-state index in [0.717, 1.165) is 18.7 Å². The third kappa shape index (κ3) is 3.18. The first kappa shape index (κ1) is 14.7. The lowest BCUT2D eigenvalue weighted by Gasteiger charge is -2.33. The fourth-order valence-electron chi connectivity index (χ4n) is 2.98. The Bertz CT molecular complexity index is 586. The van der Waals surface area contributed by atoms with Crippen molar-refractivity contribution in [2.75, 3.05) is 0 Å². The maximum absolute atomic E-state index is 6.08. The first-order valence-electron chi connectivity index (χ1n) is 7.67. The molecule has 0 saturated heterocycles. The van der Waals surface area contributed by atoms with Gasteiger partial charge in [-0.2, -0.15) is 0 Å². The molecule has 1 aliphatic carbocycles. The van der Waals surface area contributed by atoms with Crippen LogP contribution in [0, 0.1) is 12.3 Å². The van der Waals surface area contributed by atoms with Gasteiger partial charge in [0.25, 0.3) is 0 Å². The molecule has 112 valence electrons. The van der Waals surface area contributed by atoms with E-state index >= 15 is 0 Å². The molecule has 2 nitrogen and oxygen atoms in total. The maximum Gasteiger partial charge on any atom is 0.184 e. The van der Waals surface area contributed by atoms with E-state index in [-0.39, 0.29) is 17.6 Å². The summed E-state index contributed by atoms with van der Waals surface area (Å²) in [6, 6.07) is 8.99. The van der Waals surface area contributed by atoms with Crippen LogP contribution in [0.25, 0.3) is 0 Å². The standard InChI is InChI=1S/C18H23NOS/c1-5-16-19-14-10-18(3,4)11-15(17(14)20-16)21-13-8-6-12(2)7-9-13/h6-9,11,14,17H,5,10H2,1-4H3/t14-,17-/m0/s1. The second-order valence-electron chi connectivity index (χ2n) is 6.64. The first-order valence-corrected chi connectivity index (χ1v) is 8.49. The topological polar surface area (TPSA) is 21.6 Å². The lowest BCUT2D eigenvalue weighted by atomic mass is 9.79. The summed E-state index contributed by atoms with van der Waals surface area (Å²) in [5, 5.41) is 0. The highest BCUT2D eigenvalue weighted by Gasteiger charge is 2.41. The normalized spacial score (nSPS) is 26.7. The predicted molar refractivity (Wildman–Crippen MR) is 89.9 cm³/mol. The number of fused-ring (bicyclic) bond motifs is 1. The Labute approximate surface area is 131 Å². The highest BCUT2D eigenvalue weighted by Crippen LogP contribution is 2.45. The molecule has 0 aromatic heterocycles. The van der Waals surface area contributed by atoms with Crippen molar-refractivity contribution < 1.29 is 4.74 Å². The number of aliphatic imine (C=N–C) groups is 1. The van der Waals surface area contributed by atoms with E-state index < -0.39 is 0 Å². The molecule has 0 fully saturated rings. The van der Waals surface area contributed by atoms with Gasteiger partial charge in [0.1, 0.15) is 0 Å². The summed E-state index contributed by atoms with van der Waals surface area (Å²) >= 11 is 1.83. The van der Waals surface area contributed by atoms with Crippen LogP contribution in [0.1, 0.15) is 39.2 Å². The molecule has 0 radical (unpaired) electrons. The minimum Gasteiger partial charge on any atom is -0.470 e. The average Bonchev–Trinajstić information content (AvgIpc) is 2.83. The number of rotatable bonds is 3. The molecule has 21 heavy (non-hydrogen) atoms. The molecule has 2 atom stereocenters. The molecular weight excluding hydrogens is 278 g/mol. The van der Waals surface area contributed by atoms with Crippen molar-refractivity contribution in [3.63, 3.8) is 0 Å². The molecule has 0 saturated carbocycles. The lowest BCUT2D eigenvalue weighted by Crippen LogP contribution is -2.33. The second-order valence-corrected chi connectivity index (χ2v) is 7.78. The number of hydrogen-bond acceptors (Lipinski definition) is 3. The molecular formula is C18H23NOS. The summed E-state index contributed by atoms with van der Waals surface area (Å²) in [5.41, 5.74) is 1.48. The van der Waals surface area contributed by atoms with Gasteiger partial charge in [-0.05, 0) is 30.9 Å². The van der Waals surface area contributed by atoms with Gasteiger partial charge in [-0.15, -0.1) is 0 Å². The predicted octanol–water partition coefficient (Wildman–Crippen LogP) is 4.98. The Morgan fingerprint density at radius 3 is 2.67 bits per heavy atom. The summed E-state index contributed by atoms with van der Waals surface area (Å²) < 4.78 is 6.08. The Morgan fingerprint density at radius 1 is 1.29 bits per heavy atom. The van der Waals surface area contributed by atoms with E-state index in [1.165, 1.54) is 15.4 Å². The number of nitrogens with zero attached hydrogens (tertiary/aromatic N) is 1. The van der Waals surface area contributed by atoms with Crippen LogP contribution in [0.2, 0.25) is 0 Å². The second kappa shape index (κ2) is 5.53. The fraction of sp³-hybridized carbons (Fsp3) is 0.500. The van der Waals surface area contributed by atoms with Gasteiger partial charge in [-0.25, -0.2) is 4.99 Å². The Hall–Kier alpha value is -1.22. The zero-order valence-corrected chi connectivity index (χ0v) is 14.0. The van der Waals surface area contributed by atoms with Crippen LogP contribution in [-0.2, 0) is 4.74 Å². The fourth-order valence-corrected chi connectivity index (χ4v) is 4.22. The van der Waals surface area contributed by atoms with Gasteiger partial charge in [0.05, 0.1) is 6.04 Å². The highest BCUT2D eigenvalue weighted by molar-refractivity contribution is 8.03. The molecule has 0 amide bonds. The monoisotopic (exact) mass is 301 g/mol. The molecule has 1 aromatic carbocycles. The molecule has 1 heterocycles.